The molecule has 0 atom stereocenters. The van der Waals surface area contributed by atoms with E-state index in [0.717, 1.165) is 23.7 Å². The highest BCUT2D eigenvalue weighted by Crippen LogP contribution is 2.40. The van der Waals surface area contributed by atoms with Gasteiger partial charge in [-0.15, -0.1) is 11.3 Å². The van der Waals surface area contributed by atoms with Crippen LogP contribution < -0.4 is 0 Å². The molecule has 1 saturated heterocycles. The highest BCUT2D eigenvalue weighted by molar-refractivity contribution is 7.13. The van der Waals surface area contributed by atoms with Gasteiger partial charge in [-0.2, -0.15) is 10.1 Å². The van der Waals surface area contributed by atoms with E-state index in [1.165, 1.54) is 12.8 Å². The maximum absolute atomic E-state index is 13.3. The number of nitrogens with zero attached hydrogens (tertiary/aromatic N) is 6. The first kappa shape index (κ1) is 20.4. The summed E-state index contributed by atoms with van der Waals surface area (Å²) in [4.78, 5) is 23.0. The molecule has 2 aliphatic rings. The number of hydrogen-bond acceptors (Lipinski definition) is 7. The molecule has 2 fully saturated rings. The topological polar surface area (TPSA) is 80.3 Å². The van der Waals surface area contributed by atoms with Crippen molar-refractivity contribution in [2.75, 3.05) is 26.2 Å². The van der Waals surface area contributed by atoms with Crippen molar-refractivity contribution in [3.63, 3.8) is 0 Å². The second-order valence-electron chi connectivity index (χ2n) is 9.37. The van der Waals surface area contributed by atoms with Crippen molar-refractivity contribution in [2.45, 2.75) is 51.6 Å². The Hall–Kier alpha value is -2.52. The summed E-state index contributed by atoms with van der Waals surface area (Å²) in [6.07, 6.45) is 2.36. The van der Waals surface area contributed by atoms with Gasteiger partial charge in [-0.3, -0.25) is 14.4 Å². The standard InChI is InChI=1S/C22H28N6O2S/c1-22(2,3)28-17(13-16(24-28)15-6-7-15)21(29)27-10-8-26(9-11-27)14-19-23-20(25-30-19)18-5-4-12-31-18/h4-5,12-13,15H,6-11,14H2,1-3H3. The third-order valence-electron chi connectivity index (χ3n) is 5.81. The van der Waals surface area contributed by atoms with Crippen LogP contribution in [0.5, 0.6) is 0 Å². The second-order valence-corrected chi connectivity index (χ2v) is 10.3. The van der Waals surface area contributed by atoms with Crippen LogP contribution in [0.25, 0.3) is 10.7 Å². The molecule has 1 saturated carbocycles. The largest absolute Gasteiger partial charge is 0.338 e. The predicted octanol–water partition coefficient (Wildman–Crippen LogP) is 3.59. The quantitative estimate of drug-likeness (QED) is 0.603. The minimum Gasteiger partial charge on any atom is -0.338 e. The molecule has 31 heavy (non-hydrogen) atoms. The molecule has 164 valence electrons. The van der Waals surface area contributed by atoms with Gasteiger partial charge in [0.2, 0.25) is 11.7 Å². The van der Waals surface area contributed by atoms with Gasteiger partial charge in [0, 0.05) is 32.1 Å². The molecule has 5 rings (SSSR count). The molecule has 1 aliphatic carbocycles. The summed E-state index contributed by atoms with van der Waals surface area (Å²) in [6.45, 7) is 9.81. The third-order valence-corrected chi connectivity index (χ3v) is 6.67. The zero-order valence-corrected chi connectivity index (χ0v) is 19.1. The van der Waals surface area contributed by atoms with Crippen molar-refractivity contribution < 1.29 is 9.32 Å². The maximum Gasteiger partial charge on any atom is 0.272 e. The van der Waals surface area contributed by atoms with Crippen molar-refractivity contribution in [3.8, 4) is 10.7 Å². The summed E-state index contributed by atoms with van der Waals surface area (Å²) in [5.41, 5.74) is 1.55. The SMILES string of the molecule is CC(C)(C)n1nc(C2CC2)cc1C(=O)N1CCN(Cc2nc(-c3cccs3)no2)CC1. The highest BCUT2D eigenvalue weighted by Gasteiger charge is 2.33. The van der Waals surface area contributed by atoms with Crippen LogP contribution in [0, 0.1) is 0 Å². The van der Waals surface area contributed by atoms with Crippen LogP contribution in [0.3, 0.4) is 0 Å². The first-order valence-corrected chi connectivity index (χ1v) is 11.7. The van der Waals surface area contributed by atoms with Crippen molar-refractivity contribution >= 4 is 17.2 Å². The Labute approximate surface area is 185 Å². The first-order chi connectivity index (χ1) is 14.9. The minimum absolute atomic E-state index is 0.0757. The fourth-order valence-corrected chi connectivity index (χ4v) is 4.58. The van der Waals surface area contributed by atoms with Crippen LogP contribution in [-0.4, -0.2) is 61.8 Å². The van der Waals surface area contributed by atoms with Gasteiger partial charge in [-0.1, -0.05) is 11.2 Å². The van der Waals surface area contributed by atoms with Crippen LogP contribution >= 0.6 is 11.3 Å². The van der Waals surface area contributed by atoms with Gasteiger partial charge < -0.3 is 9.42 Å². The highest BCUT2D eigenvalue weighted by atomic mass is 32.1. The summed E-state index contributed by atoms with van der Waals surface area (Å²) in [5, 5.41) is 10.9. The van der Waals surface area contributed by atoms with Crippen LogP contribution in [-0.2, 0) is 12.1 Å². The van der Waals surface area contributed by atoms with Crippen molar-refractivity contribution in [1.82, 2.24) is 29.7 Å². The fraction of sp³-hybridized carbons (Fsp3) is 0.545. The van der Waals surface area contributed by atoms with E-state index in [0.29, 0.717) is 43.0 Å². The molecular formula is C22H28N6O2S. The molecule has 8 nitrogen and oxygen atoms in total. The lowest BCUT2D eigenvalue weighted by atomic mass is 10.1. The van der Waals surface area contributed by atoms with Crippen LogP contribution in [0.15, 0.2) is 28.1 Å². The van der Waals surface area contributed by atoms with Gasteiger partial charge in [0.15, 0.2) is 0 Å². The van der Waals surface area contributed by atoms with E-state index in [-0.39, 0.29) is 11.4 Å². The Morgan fingerprint density at radius 3 is 2.65 bits per heavy atom. The van der Waals surface area contributed by atoms with E-state index in [9.17, 15) is 4.79 Å². The Bertz CT molecular complexity index is 1050. The summed E-state index contributed by atoms with van der Waals surface area (Å²) in [5.74, 6) is 1.86. The number of piperazine rings is 1. The average molecular weight is 441 g/mol. The summed E-state index contributed by atoms with van der Waals surface area (Å²) >= 11 is 1.60. The second kappa shape index (κ2) is 7.87. The van der Waals surface area contributed by atoms with E-state index in [4.69, 9.17) is 9.62 Å². The summed E-state index contributed by atoms with van der Waals surface area (Å²) in [6, 6.07) is 5.98. The number of amides is 1. The van der Waals surface area contributed by atoms with Gasteiger partial charge in [0.1, 0.15) is 5.69 Å². The summed E-state index contributed by atoms with van der Waals surface area (Å²) < 4.78 is 7.35. The van der Waals surface area contributed by atoms with Crippen LogP contribution in [0.4, 0.5) is 0 Å². The van der Waals surface area contributed by atoms with Crippen LogP contribution in [0.1, 0.15) is 61.6 Å². The first-order valence-electron chi connectivity index (χ1n) is 10.9. The Morgan fingerprint density at radius 2 is 2.00 bits per heavy atom. The number of rotatable bonds is 5. The monoisotopic (exact) mass is 440 g/mol. The van der Waals surface area contributed by atoms with Crippen molar-refractivity contribution in [1.29, 1.82) is 0 Å². The lowest BCUT2D eigenvalue weighted by Crippen LogP contribution is -2.49. The molecule has 9 heteroatoms. The van der Waals surface area contributed by atoms with E-state index >= 15 is 0 Å². The Balaban J connectivity index is 1.22. The van der Waals surface area contributed by atoms with E-state index < -0.39 is 0 Å². The lowest BCUT2D eigenvalue weighted by molar-refractivity contribution is 0.0596. The third kappa shape index (κ3) is 4.29. The molecule has 0 unspecified atom stereocenters. The van der Waals surface area contributed by atoms with Gasteiger partial charge >= 0.3 is 0 Å². The lowest BCUT2D eigenvalue weighted by Gasteiger charge is -2.34. The van der Waals surface area contributed by atoms with Gasteiger partial charge in [-0.05, 0) is 51.1 Å². The Morgan fingerprint density at radius 1 is 1.23 bits per heavy atom. The molecule has 0 N–H and O–H groups in total. The molecule has 0 bridgehead atoms. The smallest absolute Gasteiger partial charge is 0.272 e. The van der Waals surface area contributed by atoms with Gasteiger partial charge in [-0.25, -0.2) is 0 Å². The number of thiophene rings is 1. The van der Waals surface area contributed by atoms with Gasteiger partial charge in [0.05, 0.1) is 22.7 Å². The van der Waals surface area contributed by atoms with E-state index in [1.54, 1.807) is 11.3 Å². The molecule has 4 heterocycles. The zero-order chi connectivity index (χ0) is 21.6. The average Bonchev–Trinajstić information content (AvgIpc) is 3.15. The molecule has 0 radical (unpaired) electrons. The maximum atomic E-state index is 13.3. The number of carbonyl (C=O) groups excluding carboxylic acids is 1. The van der Waals surface area contributed by atoms with Crippen molar-refractivity contribution in [3.05, 3.63) is 40.9 Å². The minimum atomic E-state index is -0.224. The fourth-order valence-electron chi connectivity index (χ4n) is 3.93. The number of aromatic nitrogens is 4. The van der Waals surface area contributed by atoms with Crippen LogP contribution in [0.2, 0.25) is 0 Å². The summed E-state index contributed by atoms with van der Waals surface area (Å²) in [7, 11) is 0. The van der Waals surface area contributed by atoms with E-state index in [2.05, 4.69) is 35.8 Å². The number of hydrogen-bond donors (Lipinski definition) is 0. The van der Waals surface area contributed by atoms with E-state index in [1.807, 2.05) is 33.2 Å². The molecule has 3 aromatic rings. The molecule has 1 aliphatic heterocycles. The Kier molecular flexibility index (Phi) is 5.18. The number of carbonyl (C=O) groups is 1. The predicted molar refractivity (Wildman–Crippen MR) is 118 cm³/mol. The molecule has 1 amide bonds. The normalized spacial score (nSPS) is 18.0. The zero-order valence-electron chi connectivity index (χ0n) is 18.2. The molecule has 0 spiro atoms. The molecule has 3 aromatic heterocycles. The molecular weight excluding hydrogens is 412 g/mol. The molecule has 0 aromatic carbocycles. The van der Waals surface area contributed by atoms with Crippen molar-refractivity contribution in [2.24, 2.45) is 0 Å². The van der Waals surface area contributed by atoms with Gasteiger partial charge in [0.25, 0.3) is 5.91 Å².